The normalized spacial score (nSPS) is 12.3. The molecular weight excluding hydrogens is 206 g/mol. The summed E-state index contributed by atoms with van der Waals surface area (Å²) in [5, 5.41) is 11.9. The molecule has 94 valence electrons. The fraction of sp³-hybridized carbons (Fsp3) is 0.833. The van der Waals surface area contributed by atoms with Crippen LogP contribution in [0.5, 0.6) is 0 Å². The summed E-state index contributed by atoms with van der Waals surface area (Å²) in [5.74, 6) is -0.952. The van der Waals surface area contributed by atoms with Crippen molar-refractivity contribution in [1.82, 2.24) is 5.32 Å². The first-order valence-corrected chi connectivity index (χ1v) is 5.71. The Hall–Kier alpha value is -1.06. The van der Waals surface area contributed by atoms with Crippen LogP contribution in [0.25, 0.3) is 0 Å². The SMILES string of the molecule is CCC(CC)(CNC(=O)C(C)(C)C)C(=O)O. The van der Waals surface area contributed by atoms with Gasteiger partial charge in [0, 0.05) is 12.0 Å². The summed E-state index contributed by atoms with van der Waals surface area (Å²) in [7, 11) is 0. The van der Waals surface area contributed by atoms with Gasteiger partial charge in [0.15, 0.2) is 0 Å². The first kappa shape index (κ1) is 14.9. The molecule has 0 rings (SSSR count). The van der Waals surface area contributed by atoms with Crippen LogP contribution in [0.2, 0.25) is 0 Å². The highest BCUT2D eigenvalue weighted by Crippen LogP contribution is 2.26. The summed E-state index contributed by atoms with van der Waals surface area (Å²) in [6.45, 7) is 9.29. The van der Waals surface area contributed by atoms with Gasteiger partial charge in [0.1, 0.15) is 0 Å². The molecular formula is C12H23NO3. The van der Waals surface area contributed by atoms with Crippen LogP contribution in [0.4, 0.5) is 0 Å². The van der Waals surface area contributed by atoms with Crippen LogP contribution >= 0.6 is 0 Å². The number of hydrogen-bond acceptors (Lipinski definition) is 2. The molecule has 0 aromatic rings. The predicted octanol–water partition coefficient (Wildman–Crippen LogP) is 2.04. The number of carbonyl (C=O) groups excluding carboxylic acids is 1. The molecule has 0 aromatic carbocycles. The Kier molecular flexibility index (Phi) is 4.97. The van der Waals surface area contributed by atoms with Crippen molar-refractivity contribution < 1.29 is 14.7 Å². The van der Waals surface area contributed by atoms with Crippen molar-refractivity contribution in [3.63, 3.8) is 0 Å². The van der Waals surface area contributed by atoms with Crippen molar-refractivity contribution in [3.05, 3.63) is 0 Å². The van der Waals surface area contributed by atoms with E-state index in [4.69, 9.17) is 0 Å². The number of carbonyl (C=O) groups is 2. The highest BCUT2D eigenvalue weighted by atomic mass is 16.4. The predicted molar refractivity (Wildman–Crippen MR) is 63.1 cm³/mol. The first-order chi connectivity index (χ1) is 7.19. The zero-order valence-corrected chi connectivity index (χ0v) is 10.9. The monoisotopic (exact) mass is 229 g/mol. The van der Waals surface area contributed by atoms with Gasteiger partial charge in [-0.3, -0.25) is 9.59 Å². The average Bonchev–Trinajstić information content (AvgIpc) is 2.17. The van der Waals surface area contributed by atoms with Gasteiger partial charge in [-0.2, -0.15) is 0 Å². The lowest BCUT2D eigenvalue weighted by Crippen LogP contribution is -2.45. The second-order valence-electron chi connectivity index (χ2n) is 5.23. The van der Waals surface area contributed by atoms with Gasteiger partial charge in [-0.1, -0.05) is 34.6 Å². The molecule has 0 unspecified atom stereocenters. The van der Waals surface area contributed by atoms with E-state index in [1.54, 1.807) is 0 Å². The van der Waals surface area contributed by atoms with Crippen LogP contribution in [0.1, 0.15) is 47.5 Å². The summed E-state index contributed by atoms with van der Waals surface area (Å²) in [5.41, 5.74) is -1.31. The Balaban J connectivity index is 4.57. The summed E-state index contributed by atoms with van der Waals surface area (Å²) >= 11 is 0. The average molecular weight is 229 g/mol. The molecule has 0 atom stereocenters. The van der Waals surface area contributed by atoms with E-state index in [-0.39, 0.29) is 12.5 Å². The first-order valence-electron chi connectivity index (χ1n) is 5.71. The lowest BCUT2D eigenvalue weighted by molar-refractivity contribution is -0.149. The molecule has 0 spiro atoms. The third-order valence-corrected chi connectivity index (χ3v) is 3.08. The van der Waals surface area contributed by atoms with Crippen LogP contribution in [0, 0.1) is 10.8 Å². The summed E-state index contributed by atoms with van der Waals surface area (Å²) in [4.78, 5) is 22.9. The lowest BCUT2D eigenvalue weighted by atomic mass is 9.82. The molecule has 0 aliphatic rings. The number of aliphatic carboxylic acids is 1. The molecule has 2 N–H and O–H groups in total. The van der Waals surface area contributed by atoms with E-state index in [9.17, 15) is 14.7 Å². The van der Waals surface area contributed by atoms with Crippen LogP contribution in [-0.2, 0) is 9.59 Å². The Labute approximate surface area is 97.4 Å². The van der Waals surface area contributed by atoms with Gasteiger partial charge in [0.2, 0.25) is 5.91 Å². The van der Waals surface area contributed by atoms with E-state index in [1.165, 1.54) is 0 Å². The molecule has 0 fully saturated rings. The Morgan fingerprint density at radius 3 is 1.81 bits per heavy atom. The largest absolute Gasteiger partial charge is 0.481 e. The topological polar surface area (TPSA) is 66.4 Å². The smallest absolute Gasteiger partial charge is 0.311 e. The van der Waals surface area contributed by atoms with Gasteiger partial charge in [-0.15, -0.1) is 0 Å². The van der Waals surface area contributed by atoms with E-state index < -0.39 is 16.8 Å². The van der Waals surface area contributed by atoms with Gasteiger partial charge in [-0.25, -0.2) is 0 Å². The molecule has 16 heavy (non-hydrogen) atoms. The molecule has 0 aromatic heterocycles. The van der Waals surface area contributed by atoms with Crippen LogP contribution < -0.4 is 5.32 Å². The molecule has 0 aliphatic heterocycles. The highest BCUT2D eigenvalue weighted by molar-refractivity contribution is 5.82. The number of rotatable bonds is 5. The minimum absolute atomic E-state index is 0.111. The third-order valence-electron chi connectivity index (χ3n) is 3.08. The van der Waals surface area contributed by atoms with Gasteiger partial charge in [0.25, 0.3) is 0 Å². The summed E-state index contributed by atoms with van der Waals surface area (Å²) in [6.07, 6.45) is 1.03. The van der Waals surface area contributed by atoms with Gasteiger partial charge >= 0.3 is 5.97 Å². The Morgan fingerprint density at radius 1 is 1.12 bits per heavy atom. The van der Waals surface area contributed by atoms with Gasteiger partial charge in [-0.05, 0) is 12.8 Å². The number of carboxylic acids is 1. The third kappa shape index (κ3) is 3.51. The van der Waals surface area contributed by atoms with E-state index >= 15 is 0 Å². The number of nitrogens with one attached hydrogen (secondary N) is 1. The maximum atomic E-state index is 11.7. The van der Waals surface area contributed by atoms with Gasteiger partial charge in [0.05, 0.1) is 5.41 Å². The van der Waals surface area contributed by atoms with Crippen molar-refractivity contribution in [2.45, 2.75) is 47.5 Å². The highest BCUT2D eigenvalue weighted by Gasteiger charge is 2.36. The lowest BCUT2D eigenvalue weighted by Gasteiger charge is -2.28. The van der Waals surface area contributed by atoms with Crippen LogP contribution in [-0.4, -0.2) is 23.5 Å². The second-order valence-corrected chi connectivity index (χ2v) is 5.23. The molecule has 0 saturated heterocycles. The standard InChI is InChI=1S/C12H23NO3/c1-6-12(7-2,10(15)16)8-13-9(14)11(3,4)5/h6-8H2,1-5H3,(H,13,14)(H,15,16). The molecule has 0 saturated carbocycles. The van der Waals surface area contributed by atoms with E-state index in [1.807, 2.05) is 34.6 Å². The van der Waals surface area contributed by atoms with Crippen molar-refractivity contribution in [1.29, 1.82) is 0 Å². The van der Waals surface area contributed by atoms with E-state index in [2.05, 4.69) is 5.32 Å². The zero-order chi connectivity index (χ0) is 13.0. The van der Waals surface area contributed by atoms with Crippen LogP contribution in [0.3, 0.4) is 0 Å². The fourth-order valence-corrected chi connectivity index (χ4v) is 1.39. The van der Waals surface area contributed by atoms with Crippen molar-refractivity contribution >= 4 is 11.9 Å². The zero-order valence-electron chi connectivity index (χ0n) is 10.9. The van der Waals surface area contributed by atoms with E-state index in [0.29, 0.717) is 12.8 Å². The molecule has 0 heterocycles. The Morgan fingerprint density at radius 2 is 1.56 bits per heavy atom. The molecule has 1 amide bonds. The van der Waals surface area contributed by atoms with Crippen LogP contribution in [0.15, 0.2) is 0 Å². The number of carboxylic acid groups (broad SMARTS) is 1. The number of amides is 1. The molecule has 4 heteroatoms. The molecule has 0 aliphatic carbocycles. The molecule has 4 nitrogen and oxygen atoms in total. The van der Waals surface area contributed by atoms with Crippen molar-refractivity contribution in [3.8, 4) is 0 Å². The fourth-order valence-electron chi connectivity index (χ4n) is 1.39. The second kappa shape index (κ2) is 5.32. The van der Waals surface area contributed by atoms with Crippen molar-refractivity contribution in [2.75, 3.05) is 6.54 Å². The number of hydrogen-bond donors (Lipinski definition) is 2. The maximum Gasteiger partial charge on any atom is 0.311 e. The van der Waals surface area contributed by atoms with E-state index in [0.717, 1.165) is 0 Å². The minimum Gasteiger partial charge on any atom is -0.481 e. The molecule has 0 bridgehead atoms. The minimum atomic E-state index is -0.841. The maximum absolute atomic E-state index is 11.7. The summed E-state index contributed by atoms with van der Waals surface area (Å²) < 4.78 is 0. The van der Waals surface area contributed by atoms with Gasteiger partial charge < -0.3 is 10.4 Å². The van der Waals surface area contributed by atoms with Crippen molar-refractivity contribution in [2.24, 2.45) is 10.8 Å². The quantitative estimate of drug-likeness (QED) is 0.758. The summed E-state index contributed by atoms with van der Waals surface area (Å²) in [6, 6.07) is 0. The molecule has 0 radical (unpaired) electrons. The Bertz CT molecular complexity index is 262.